The highest BCUT2D eigenvalue weighted by Crippen LogP contribution is 2.27. The van der Waals surface area contributed by atoms with Gasteiger partial charge in [-0.05, 0) is 45.4 Å². The summed E-state index contributed by atoms with van der Waals surface area (Å²) in [6.45, 7) is 6.47. The van der Waals surface area contributed by atoms with Gasteiger partial charge in [0.1, 0.15) is 11.4 Å². The molecule has 3 heterocycles. The maximum atomic E-state index is 11.3. The van der Waals surface area contributed by atoms with Gasteiger partial charge in [0.25, 0.3) is 0 Å². The van der Waals surface area contributed by atoms with E-state index >= 15 is 0 Å². The summed E-state index contributed by atoms with van der Waals surface area (Å²) in [6, 6.07) is 3.82. The fourth-order valence-electron chi connectivity index (χ4n) is 3.07. The number of piperidine rings is 1. The molecule has 6 nitrogen and oxygen atoms in total. The Morgan fingerprint density at radius 1 is 1.43 bits per heavy atom. The van der Waals surface area contributed by atoms with E-state index in [1.807, 2.05) is 10.6 Å². The van der Waals surface area contributed by atoms with Crippen LogP contribution >= 0.6 is 0 Å². The number of nitrogens with zero attached hydrogens (tertiary/aromatic N) is 4. The molecule has 112 valence electrons. The minimum atomic E-state index is -0.966. The molecule has 0 aromatic carbocycles. The third-order valence-corrected chi connectivity index (χ3v) is 4.24. The van der Waals surface area contributed by atoms with Gasteiger partial charge >= 0.3 is 5.97 Å². The molecule has 0 spiro atoms. The largest absolute Gasteiger partial charge is 0.478 e. The van der Waals surface area contributed by atoms with Crippen molar-refractivity contribution in [2.45, 2.75) is 38.6 Å². The first kappa shape index (κ1) is 14.0. The zero-order valence-electron chi connectivity index (χ0n) is 12.4. The third-order valence-electron chi connectivity index (χ3n) is 4.24. The van der Waals surface area contributed by atoms with E-state index in [1.54, 1.807) is 12.1 Å². The highest BCUT2D eigenvalue weighted by molar-refractivity contribution is 5.94. The Labute approximate surface area is 123 Å². The lowest BCUT2D eigenvalue weighted by molar-refractivity contribution is 0.0698. The Balaban J connectivity index is 1.98. The van der Waals surface area contributed by atoms with Gasteiger partial charge in [-0.25, -0.2) is 4.79 Å². The number of carboxylic acids is 1. The van der Waals surface area contributed by atoms with E-state index in [-0.39, 0.29) is 5.56 Å². The van der Waals surface area contributed by atoms with Gasteiger partial charge in [-0.15, -0.1) is 10.2 Å². The van der Waals surface area contributed by atoms with E-state index in [1.165, 1.54) is 0 Å². The van der Waals surface area contributed by atoms with Crippen molar-refractivity contribution >= 4 is 11.6 Å². The van der Waals surface area contributed by atoms with Crippen molar-refractivity contribution in [2.75, 3.05) is 13.1 Å². The van der Waals surface area contributed by atoms with Gasteiger partial charge in [0.15, 0.2) is 5.65 Å². The molecule has 0 amide bonds. The van der Waals surface area contributed by atoms with Gasteiger partial charge in [-0.3, -0.25) is 4.40 Å². The second-order valence-electron chi connectivity index (χ2n) is 5.91. The number of likely N-dealkylation sites (tertiary alicyclic amines) is 1. The van der Waals surface area contributed by atoms with E-state index in [0.29, 0.717) is 17.6 Å². The van der Waals surface area contributed by atoms with Crippen LogP contribution < -0.4 is 0 Å². The molecule has 1 aliphatic heterocycles. The molecule has 0 radical (unpaired) electrons. The number of hydrogen-bond donors (Lipinski definition) is 1. The van der Waals surface area contributed by atoms with Crippen molar-refractivity contribution in [1.82, 2.24) is 19.5 Å². The van der Waals surface area contributed by atoms with Crippen LogP contribution in [0, 0.1) is 0 Å². The molecule has 1 saturated heterocycles. The van der Waals surface area contributed by atoms with Crippen molar-refractivity contribution in [2.24, 2.45) is 0 Å². The second-order valence-corrected chi connectivity index (χ2v) is 5.91. The zero-order valence-corrected chi connectivity index (χ0v) is 12.4. The molecule has 0 saturated carbocycles. The molecule has 2 aromatic heterocycles. The topological polar surface area (TPSA) is 70.7 Å². The number of aromatic nitrogens is 3. The molecule has 0 bridgehead atoms. The first-order valence-electron chi connectivity index (χ1n) is 7.39. The van der Waals surface area contributed by atoms with Gasteiger partial charge < -0.3 is 10.0 Å². The lowest BCUT2D eigenvalue weighted by atomic mass is 9.96. The van der Waals surface area contributed by atoms with Crippen molar-refractivity contribution in [3.05, 3.63) is 29.7 Å². The maximum absolute atomic E-state index is 11.3. The SMILES string of the molecule is CC(C)N1CCCC(c2nnc3c(C(=O)O)cccn23)C1. The summed E-state index contributed by atoms with van der Waals surface area (Å²) in [5.41, 5.74) is 0.634. The van der Waals surface area contributed by atoms with Crippen molar-refractivity contribution in [3.8, 4) is 0 Å². The van der Waals surface area contributed by atoms with Gasteiger partial charge in [-0.1, -0.05) is 0 Å². The molecule has 2 aromatic rings. The molecule has 0 aliphatic carbocycles. The summed E-state index contributed by atoms with van der Waals surface area (Å²) in [5, 5.41) is 17.6. The number of rotatable bonds is 3. The smallest absolute Gasteiger partial charge is 0.339 e. The van der Waals surface area contributed by atoms with Gasteiger partial charge in [0.2, 0.25) is 0 Å². The molecule has 1 N–H and O–H groups in total. The van der Waals surface area contributed by atoms with E-state index in [4.69, 9.17) is 0 Å². The van der Waals surface area contributed by atoms with Crippen LogP contribution in [0.1, 0.15) is 48.8 Å². The molecule has 21 heavy (non-hydrogen) atoms. The van der Waals surface area contributed by atoms with Gasteiger partial charge in [0, 0.05) is 24.7 Å². The third kappa shape index (κ3) is 2.51. The van der Waals surface area contributed by atoms with Crippen LogP contribution in [0.15, 0.2) is 18.3 Å². The number of carbonyl (C=O) groups is 1. The first-order valence-corrected chi connectivity index (χ1v) is 7.39. The molecular formula is C15H20N4O2. The zero-order chi connectivity index (χ0) is 15.0. The fourth-order valence-corrected chi connectivity index (χ4v) is 3.07. The van der Waals surface area contributed by atoms with Crippen LogP contribution in [-0.2, 0) is 0 Å². The number of aromatic carboxylic acids is 1. The summed E-state index contributed by atoms with van der Waals surface area (Å²) in [5.74, 6) is 0.214. The van der Waals surface area contributed by atoms with Gasteiger partial charge in [-0.2, -0.15) is 0 Å². The number of fused-ring (bicyclic) bond motifs is 1. The average Bonchev–Trinajstić information content (AvgIpc) is 2.91. The standard InChI is InChI=1S/C15H20N4O2/c1-10(2)18-7-3-5-11(9-18)13-16-17-14-12(15(20)21)6-4-8-19(13)14/h4,6,8,10-11H,3,5,7,9H2,1-2H3,(H,20,21). The summed E-state index contributed by atoms with van der Waals surface area (Å²) in [7, 11) is 0. The minimum absolute atomic E-state index is 0.202. The van der Waals surface area contributed by atoms with Crippen molar-refractivity contribution in [1.29, 1.82) is 0 Å². The highest BCUT2D eigenvalue weighted by atomic mass is 16.4. The lowest BCUT2D eigenvalue weighted by Crippen LogP contribution is -2.39. The van der Waals surface area contributed by atoms with Crippen molar-refractivity contribution in [3.63, 3.8) is 0 Å². The van der Waals surface area contributed by atoms with Crippen molar-refractivity contribution < 1.29 is 9.90 Å². The van der Waals surface area contributed by atoms with E-state index in [9.17, 15) is 9.90 Å². The predicted octanol–water partition coefficient (Wildman–Crippen LogP) is 2.02. The molecule has 1 fully saturated rings. The molecule has 1 unspecified atom stereocenters. The summed E-state index contributed by atoms with van der Waals surface area (Å²) < 4.78 is 1.83. The first-order chi connectivity index (χ1) is 10.1. The Morgan fingerprint density at radius 3 is 2.95 bits per heavy atom. The fraction of sp³-hybridized carbons (Fsp3) is 0.533. The maximum Gasteiger partial charge on any atom is 0.339 e. The molecule has 1 aliphatic rings. The second kappa shape index (κ2) is 5.44. The Kier molecular flexibility index (Phi) is 3.63. The summed E-state index contributed by atoms with van der Waals surface area (Å²) in [6.07, 6.45) is 4.06. The van der Waals surface area contributed by atoms with E-state index < -0.39 is 5.97 Å². The number of carboxylic acid groups (broad SMARTS) is 1. The monoisotopic (exact) mass is 288 g/mol. The summed E-state index contributed by atoms with van der Waals surface area (Å²) in [4.78, 5) is 13.7. The molecular weight excluding hydrogens is 268 g/mol. The van der Waals surface area contributed by atoms with Crippen LogP contribution in [0.3, 0.4) is 0 Å². The van der Waals surface area contributed by atoms with Crippen LogP contribution in [-0.4, -0.2) is 49.7 Å². The van der Waals surface area contributed by atoms with Gasteiger partial charge in [0.05, 0.1) is 0 Å². The average molecular weight is 288 g/mol. The van der Waals surface area contributed by atoms with E-state index in [2.05, 4.69) is 28.9 Å². The Morgan fingerprint density at radius 2 is 2.24 bits per heavy atom. The quantitative estimate of drug-likeness (QED) is 0.935. The van der Waals surface area contributed by atoms with E-state index in [0.717, 1.165) is 31.8 Å². The predicted molar refractivity (Wildman–Crippen MR) is 78.6 cm³/mol. The van der Waals surface area contributed by atoms with Crippen LogP contribution in [0.4, 0.5) is 0 Å². The number of pyridine rings is 1. The summed E-state index contributed by atoms with van der Waals surface area (Å²) >= 11 is 0. The number of hydrogen-bond acceptors (Lipinski definition) is 4. The Hall–Kier alpha value is -1.95. The van der Waals surface area contributed by atoms with Crippen LogP contribution in [0.2, 0.25) is 0 Å². The highest BCUT2D eigenvalue weighted by Gasteiger charge is 2.27. The Bertz CT molecular complexity index is 665. The lowest BCUT2D eigenvalue weighted by Gasteiger charge is -2.34. The normalized spacial score (nSPS) is 20.2. The van der Waals surface area contributed by atoms with Crippen LogP contribution in [0.5, 0.6) is 0 Å². The molecule has 1 atom stereocenters. The minimum Gasteiger partial charge on any atom is -0.478 e. The molecule has 6 heteroatoms. The molecule has 3 rings (SSSR count). The van der Waals surface area contributed by atoms with Crippen LogP contribution in [0.25, 0.3) is 5.65 Å².